The lowest BCUT2D eigenvalue weighted by Gasteiger charge is -2.09. The van der Waals surface area contributed by atoms with Gasteiger partial charge in [-0.3, -0.25) is 19.6 Å². The number of carbonyl (C=O) groups excluding carboxylic acids is 1. The van der Waals surface area contributed by atoms with Gasteiger partial charge in [0.25, 0.3) is 5.91 Å². The van der Waals surface area contributed by atoms with Crippen LogP contribution in [0.5, 0.6) is 5.75 Å². The maximum absolute atomic E-state index is 12.4. The summed E-state index contributed by atoms with van der Waals surface area (Å²) in [6, 6.07) is 5.87. The summed E-state index contributed by atoms with van der Waals surface area (Å²) in [5.41, 5.74) is 1.96. The van der Waals surface area contributed by atoms with E-state index >= 15 is 0 Å². The molecule has 2 heterocycles. The minimum absolute atomic E-state index is 0.157. The number of nitrogens with zero attached hydrogens (tertiary/aromatic N) is 5. The van der Waals surface area contributed by atoms with Crippen LogP contribution in [0.4, 0.5) is 11.4 Å². The zero-order valence-electron chi connectivity index (χ0n) is 15.7. The number of aryl methyl sites for hydroxylation is 3. The fourth-order valence-electron chi connectivity index (χ4n) is 2.65. The molecule has 10 heteroatoms. The summed E-state index contributed by atoms with van der Waals surface area (Å²) in [5.74, 6) is 0.0705. The summed E-state index contributed by atoms with van der Waals surface area (Å²) >= 11 is 0. The fraction of sp³-hybridized carbons (Fsp3) is 0.278. The second-order valence-electron chi connectivity index (χ2n) is 6.24. The molecule has 0 spiro atoms. The molecule has 10 nitrogen and oxygen atoms in total. The van der Waals surface area contributed by atoms with E-state index in [-0.39, 0.29) is 18.1 Å². The van der Waals surface area contributed by atoms with Gasteiger partial charge in [0.2, 0.25) is 5.69 Å². The Hall–Kier alpha value is -3.69. The summed E-state index contributed by atoms with van der Waals surface area (Å²) < 4.78 is 8.58. The molecule has 0 saturated carbocycles. The van der Waals surface area contributed by atoms with Crippen molar-refractivity contribution in [3.8, 4) is 5.75 Å². The van der Waals surface area contributed by atoms with E-state index in [4.69, 9.17) is 4.74 Å². The quantitative estimate of drug-likeness (QED) is 0.494. The molecule has 0 aliphatic rings. The molecule has 2 aromatic heterocycles. The van der Waals surface area contributed by atoms with E-state index in [9.17, 15) is 14.9 Å². The number of anilines is 1. The van der Waals surface area contributed by atoms with Crippen molar-refractivity contribution >= 4 is 17.3 Å². The standard InChI is InChI=1S/C18H20N6O4/c1-4-22-10-15(24(26)27)17(21-22)18(25)20-14-8-19-23(9-14)11-28-16-6-5-12(2)7-13(16)3/h5-10H,4,11H2,1-3H3,(H,20,25). The van der Waals surface area contributed by atoms with Gasteiger partial charge in [0, 0.05) is 6.54 Å². The lowest BCUT2D eigenvalue weighted by atomic mass is 10.1. The van der Waals surface area contributed by atoms with Gasteiger partial charge in [0.05, 0.1) is 23.0 Å². The molecule has 3 rings (SSSR count). The van der Waals surface area contributed by atoms with Gasteiger partial charge >= 0.3 is 5.69 Å². The number of nitro groups is 1. The van der Waals surface area contributed by atoms with Gasteiger partial charge in [-0.2, -0.15) is 10.2 Å². The summed E-state index contributed by atoms with van der Waals surface area (Å²) in [7, 11) is 0. The number of ether oxygens (including phenoxy) is 1. The second-order valence-corrected chi connectivity index (χ2v) is 6.24. The SMILES string of the molecule is CCn1cc([N+](=O)[O-])c(C(=O)Nc2cnn(COc3ccc(C)cc3C)c2)n1. The molecule has 0 atom stereocenters. The smallest absolute Gasteiger partial charge is 0.320 e. The molecule has 0 aliphatic heterocycles. The summed E-state index contributed by atoms with van der Waals surface area (Å²) in [4.78, 5) is 22.9. The first-order valence-corrected chi connectivity index (χ1v) is 8.63. The average molecular weight is 384 g/mol. The van der Waals surface area contributed by atoms with Crippen LogP contribution in [-0.4, -0.2) is 30.4 Å². The van der Waals surface area contributed by atoms with Crippen LogP contribution in [0.25, 0.3) is 0 Å². The van der Waals surface area contributed by atoms with Crippen LogP contribution in [0.1, 0.15) is 28.5 Å². The minimum Gasteiger partial charge on any atom is -0.471 e. The second kappa shape index (κ2) is 7.91. The van der Waals surface area contributed by atoms with Gasteiger partial charge in [-0.25, -0.2) is 4.68 Å². The number of carbonyl (C=O) groups is 1. The zero-order valence-corrected chi connectivity index (χ0v) is 15.7. The van der Waals surface area contributed by atoms with Crippen molar-refractivity contribution in [1.82, 2.24) is 19.6 Å². The number of nitrogens with one attached hydrogen (secondary N) is 1. The first kappa shape index (κ1) is 19.1. The van der Waals surface area contributed by atoms with E-state index in [1.807, 2.05) is 32.0 Å². The minimum atomic E-state index is -0.672. The molecule has 3 aromatic rings. The van der Waals surface area contributed by atoms with Crippen LogP contribution in [0, 0.1) is 24.0 Å². The third-order valence-corrected chi connectivity index (χ3v) is 4.05. The number of amides is 1. The Bertz CT molecular complexity index is 1020. The van der Waals surface area contributed by atoms with Gasteiger partial charge in [0.1, 0.15) is 11.9 Å². The highest BCUT2D eigenvalue weighted by Crippen LogP contribution is 2.20. The molecule has 0 fully saturated rings. The molecule has 0 radical (unpaired) electrons. The van der Waals surface area contributed by atoms with E-state index in [2.05, 4.69) is 15.5 Å². The first-order valence-electron chi connectivity index (χ1n) is 8.63. The number of rotatable bonds is 7. The summed E-state index contributed by atoms with van der Waals surface area (Å²) in [5, 5.41) is 21.8. The molecule has 146 valence electrons. The van der Waals surface area contributed by atoms with Crippen LogP contribution in [0.3, 0.4) is 0 Å². The predicted octanol–water partition coefficient (Wildman–Crippen LogP) is 2.91. The van der Waals surface area contributed by atoms with Gasteiger partial charge in [-0.1, -0.05) is 17.7 Å². The zero-order chi connectivity index (χ0) is 20.3. The van der Waals surface area contributed by atoms with Crippen molar-refractivity contribution in [2.24, 2.45) is 0 Å². The van der Waals surface area contributed by atoms with Crippen molar-refractivity contribution in [3.05, 3.63) is 63.7 Å². The third kappa shape index (κ3) is 4.17. The molecular formula is C18H20N6O4. The van der Waals surface area contributed by atoms with E-state index in [0.29, 0.717) is 12.2 Å². The van der Waals surface area contributed by atoms with E-state index in [0.717, 1.165) is 16.9 Å². The Morgan fingerprint density at radius 1 is 1.29 bits per heavy atom. The van der Waals surface area contributed by atoms with Gasteiger partial charge < -0.3 is 10.1 Å². The maximum atomic E-state index is 12.4. The fourth-order valence-corrected chi connectivity index (χ4v) is 2.65. The monoisotopic (exact) mass is 384 g/mol. The molecule has 0 aliphatic carbocycles. The van der Waals surface area contributed by atoms with Crippen molar-refractivity contribution < 1.29 is 14.5 Å². The predicted molar refractivity (Wildman–Crippen MR) is 101 cm³/mol. The van der Waals surface area contributed by atoms with Crippen molar-refractivity contribution in [2.45, 2.75) is 34.0 Å². The van der Waals surface area contributed by atoms with Gasteiger partial charge in [-0.05, 0) is 32.4 Å². The Kier molecular flexibility index (Phi) is 5.39. The van der Waals surface area contributed by atoms with Crippen LogP contribution in [0.15, 0.2) is 36.8 Å². The average Bonchev–Trinajstić information content (AvgIpc) is 3.27. The van der Waals surface area contributed by atoms with Crippen LogP contribution < -0.4 is 10.1 Å². The Labute approximate surface area is 160 Å². The molecular weight excluding hydrogens is 364 g/mol. The Morgan fingerprint density at radius 2 is 2.07 bits per heavy atom. The van der Waals surface area contributed by atoms with Crippen LogP contribution >= 0.6 is 0 Å². The highest BCUT2D eigenvalue weighted by Gasteiger charge is 2.25. The highest BCUT2D eigenvalue weighted by molar-refractivity contribution is 6.05. The number of aromatic nitrogens is 4. The molecule has 28 heavy (non-hydrogen) atoms. The molecule has 0 bridgehead atoms. The topological polar surface area (TPSA) is 117 Å². The Morgan fingerprint density at radius 3 is 2.75 bits per heavy atom. The normalized spacial score (nSPS) is 10.7. The highest BCUT2D eigenvalue weighted by atomic mass is 16.6. The van der Waals surface area contributed by atoms with E-state index in [1.165, 1.54) is 21.8 Å². The largest absolute Gasteiger partial charge is 0.471 e. The number of hydrogen-bond acceptors (Lipinski definition) is 6. The molecule has 0 unspecified atom stereocenters. The van der Waals surface area contributed by atoms with Crippen molar-refractivity contribution in [3.63, 3.8) is 0 Å². The lowest BCUT2D eigenvalue weighted by Crippen LogP contribution is -2.14. The van der Waals surface area contributed by atoms with Crippen LogP contribution in [-0.2, 0) is 13.3 Å². The number of benzene rings is 1. The Balaban J connectivity index is 1.67. The first-order chi connectivity index (χ1) is 13.4. The van der Waals surface area contributed by atoms with Crippen LogP contribution in [0.2, 0.25) is 0 Å². The molecule has 1 amide bonds. The van der Waals surface area contributed by atoms with Crippen molar-refractivity contribution in [1.29, 1.82) is 0 Å². The van der Waals surface area contributed by atoms with E-state index in [1.54, 1.807) is 13.1 Å². The lowest BCUT2D eigenvalue weighted by molar-refractivity contribution is -0.385. The summed E-state index contributed by atoms with van der Waals surface area (Å²) in [6.07, 6.45) is 4.24. The van der Waals surface area contributed by atoms with Gasteiger partial charge in [0.15, 0.2) is 6.73 Å². The van der Waals surface area contributed by atoms with E-state index < -0.39 is 10.8 Å². The molecule has 0 saturated heterocycles. The molecule has 1 N–H and O–H groups in total. The van der Waals surface area contributed by atoms with Crippen molar-refractivity contribution in [2.75, 3.05) is 5.32 Å². The van der Waals surface area contributed by atoms with Gasteiger partial charge in [-0.15, -0.1) is 0 Å². The third-order valence-electron chi connectivity index (χ3n) is 4.05. The summed E-state index contributed by atoms with van der Waals surface area (Å²) in [6.45, 7) is 6.32. The number of hydrogen-bond donors (Lipinski definition) is 1. The molecule has 1 aromatic carbocycles. The maximum Gasteiger partial charge on any atom is 0.320 e.